The normalized spacial score (nSPS) is 38.2. The fourth-order valence-corrected chi connectivity index (χ4v) is 8.94. The van der Waals surface area contributed by atoms with Gasteiger partial charge in [0.25, 0.3) is 0 Å². The van der Waals surface area contributed by atoms with E-state index in [1.807, 2.05) is 6.08 Å². The third-order valence-corrected chi connectivity index (χ3v) is 10.4. The highest BCUT2D eigenvalue weighted by Crippen LogP contribution is 2.64. The molecular weight excluding hydrogens is 460 g/mol. The van der Waals surface area contributed by atoms with Crippen molar-refractivity contribution in [1.82, 2.24) is 0 Å². The number of alkyl halides is 1. The Hall–Kier alpha value is -1.03. The molecule has 0 aromatic carbocycles. The van der Waals surface area contributed by atoms with Gasteiger partial charge in [0.1, 0.15) is 6.10 Å². The van der Waals surface area contributed by atoms with E-state index < -0.39 is 6.16 Å². The zero-order valence-electron chi connectivity index (χ0n) is 22.2. The Morgan fingerprint density at radius 2 is 1.77 bits per heavy atom. The predicted octanol–water partition coefficient (Wildman–Crippen LogP) is 8.25. The fourth-order valence-electron chi connectivity index (χ4n) is 8.27. The molecule has 4 aliphatic rings. The third-order valence-electron chi connectivity index (χ3n) is 9.94. The van der Waals surface area contributed by atoms with Crippen molar-refractivity contribution in [3.63, 3.8) is 0 Å². The van der Waals surface area contributed by atoms with E-state index in [1.165, 1.54) is 44.1 Å². The van der Waals surface area contributed by atoms with Crippen molar-refractivity contribution in [2.24, 2.45) is 35.0 Å². The lowest BCUT2D eigenvalue weighted by Crippen LogP contribution is -2.55. The minimum absolute atomic E-state index is 0.0585. The first-order valence-corrected chi connectivity index (χ1v) is 15.0. The van der Waals surface area contributed by atoms with Crippen LogP contribution in [0.2, 0.25) is 0 Å². The van der Waals surface area contributed by atoms with E-state index in [-0.39, 0.29) is 22.7 Å². The molecule has 0 N–H and O–H groups in total. The zero-order chi connectivity index (χ0) is 25.0. The predicted molar refractivity (Wildman–Crippen MR) is 140 cm³/mol. The van der Waals surface area contributed by atoms with Gasteiger partial charge in [-0.15, -0.1) is 11.6 Å². The van der Waals surface area contributed by atoms with Crippen LogP contribution in [0, 0.1) is 35.0 Å². The second kappa shape index (κ2) is 12.0. The Balaban J connectivity index is 1.28. The number of unbranched alkanes of at least 4 members (excludes halogenated alkanes) is 7. The van der Waals surface area contributed by atoms with Crippen LogP contribution in [0.3, 0.4) is 0 Å². The number of ether oxygens (including phenoxy) is 2. The lowest BCUT2D eigenvalue weighted by Gasteiger charge is -2.57. The molecule has 0 aliphatic heterocycles. The largest absolute Gasteiger partial charge is 0.508 e. The molecule has 35 heavy (non-hydrogen) atoms. The van der Waals surface area contributed by atoms with Crippen LogP contribution < -0.4 is 0 Å². The topological polar surface area (TPSA) is 52.6 Å². The van der Waals surface area contributed by atoms with Gasteiger partial charge in [-0.25, -0.2) is 4.79 Å². The van der Waals surface area contributed by atoms with Gasteiger partial charge in [-0.1, -0.05) is 71.3 Å². The maximum atomic E-state index is 12.6. The van der Waals surface area contributed by atoms with Crippen LogP contribution in [-0.4, -0.2) is 30.0 Å². The van der Waals surface area contributed by atoms with Gasteiger partial charge < -0.3 is 9.47 Å². The highest BCUT2D eigenvalue weighted by Gasteiger charge is 2.61. The third kappa shape index (κ3) is 5.94. The number of rotatable bonds is 10. The van der Waals surface area contributed by atoms with Crippen LogP contribution >= 0.6 is 11.6 Å². The van der Waals surface area contributed by atoms with Crippen LogP contribution in [0.1, 0.15) is 111 Å². The molecule has 4 aliphatic carbocycles. The molecule has 3 fully saturated rings. The first-order chi connectivity index (χ1) is 16.8. The van der Waals surface area contributed by atoms with Crippen LogP contribution in [0.4, 0.5) is 4.79 Å². The molecular formula is C30H47ClO4. The number of carbonyl (C=O) groups excluding carboxylic acids is 2. The summed E-state index contributed by atoms with van der Waals surface area (Å²) >= 11 is 7.16. The van der Waals surface area contributed by atoms with Crippen LogP contribution in [-0.2, 0) is 14.3 Å². The number of allylic oxidation sites excluding steroid dienone is 1. The molecule has 0 aromatic heterocycles. The molecule has 0 heterocycles. The van der Waals surface area contributed by atoms with E-state index in [2.05, 4.69) is 20.8 Å². The van der Waals surface area contributed by atoms with E-state index in [0.717, 1.165) is 44.9 Å². The summed E-state index contributed by atoms with van der Waals surface area (Å²) < 4.78 is 11.4. The first-order valence-electron chi connectivity index (χ1n) is 14.6. The number of carbonyl (C=O) groups is 2. The van der Waals surface area contributed by atoms with Gasteiger partial charge in [0.15, 0.2) is 5.78 Å². The maximum absolute atomic E-state index is 12.6. The number of halogens is 1. The van der Waals surface area contributed by atoms with Gasteiger partial charge in [-0.2, -0.15) is 0 Å². The first kappa shape index (κ1) is 27.0. The Morgan fingerprint density at radius 3 is 2.51 bits per heavy atom. The van der Waals surface area contributed by atoms with E-state index in [1.54, 1.807) is 0 Å². The standard InChI is InChI=1S/C30H47ClO4/c1-4-5-6-7-8-9-10-11-16-34-29(33)35-26-15-14-24-27-20(2)17-21-18-22(32)12-13-23(21)28(27)25(31)19-30(24,26)3/h18,20,23-28H,4-17,19H2,1-3H3/t20-,23+,24+,25+,26+,27+,28+,30+/m1/s1. The summed E-state index contributed by atoms with van der Waals surface area (Å²) in [4.78, 5) is 24.6. The molecule has 0 spiro atoms. The molecule has 4 rings (SSSR count). The van der Waals surface area contributed by atoms with E-state index >= 15 is 0 Å². The van der Waals surface area contributed by atoms with Crippen LogP contribution in [0.5, 0.6) is 0 Å². The van der Waals surface area contributed by atoms with Crippen molar-refractivity contribution < 1.29 is 19.1 Å². The van der Waals surface area contributed by atoms with Crippen molar-refractivity contribution in [2.45, 2.75) is 122 Å². The van der Waals surface area contributed by atoms with Crippen molar-refractivity contribution in [1.29, 1.82) is 0 Å². The van der Waals surface area contributed by atoms with Crippen LogP contribution in [0.15, 0.2) is 11.6 Å². The smallest absolute Gasteiger partial charge is 0.434 e. The molecule has 0 saturated heterocycles. The minimum Gasteiger partial charge on any atom is -0.434 e. The van der Waals surface area contributed by atoms with Crippen molar-refractivity contribution in [2.75, 3.05) is 6.61 Å². The van der Waals surface area contributed by atoms with Gasteiger partial charge >= 0.3 is 6.16 Å². The Kier molecular flexibility index (Phi) is 9.27. The molecule has 5 heteroatoms. The molecule has 4 nitrogen and oxygen atoms in total. The Bertz CT molecular complexity index is 778. The SMILES string of the molecule is CCCCCCCCCCOC(=O)O[C@H]1CC[C@H]2[C@H]3[C@H]([C@@H](Cl)C[C@]12C)[C@H]1CCC(=O)C=C1C[C@H]3C. The highest BCUT2D eigenvalue weighted by atomic mass is 35.5. The number of fused-ring (bicyclic) bond motifs is 5. The highest BCUT2D eigenvalue weighted by molar-refractivity contribution is 6.21. The minimum atomic E-state index is -0.499. The summed E-state index contributed by atoms with van der Waals surface area (Å²) in [5.74, 6) is 2.74. The summed E-state index contributed by atoms with van der Waals surface area (Å²) in [6, 6.07) is 0. The quantitative estimate of drug-likeness (QED) is 0.170. The maximum Gasteiger partial charge on any atom is 0.508 e. The van der Waals surface area contributed by atoms with Gasteiger partial charge in [0.2, 0.25) is 0 Å². The molecule has 0 bridgehead atoms. The van der Waals surface area contributed by atoms with Gasteiger partial charge in [0.05, 0.1) is 6.61 Å². The summed E-state index contributed by atoms with van der Waals surface area (Å²) in [6.45, 7) is 7.34. The Labute approximate surface area is 217 Å². The Morgan fingerprint density at radius 1 is 1.06 bits per heavy atom. The van der Waals surface area contributed by atoms with Gasteiger partial charge in [-0.3, -0.25) is 4.79 Å². The van der Waals surface area contributed by atoms with E-state index in [0.29, 0.717) is 42.6 Å². The molecule has 0 unspecified atom stereocenters. The molecule has 0 amide bonds. The van der Waals surface area contributed by atoms with Crippen LogP contribution in [0.25, 0.3) is 0 Å². The van der Waals surface area contributed by atoms with Crippen molar-refractivity contribution >= 4 is 23.5 Å². The number of hydrogen-bond acceptors (Lipinski definition) is 4. The van der Waals surface area contributed by atoms with Gasteiger partial charge in [0, 0.05) is 17.2 Å². The average molecular weight is 507 g/mol. The lowest BCUT2D eigenvalue weighted by molar-refractivity contribution is -0.116. The second-order valence-electron chi connectivity index (χ2n) is 12.3. The summed E-state index contributed by atoms with van der Waals surface area (Å²) in [7, 11) is 0. The molecule has 198 valence electrons. The van der Waals surface area contributed by atoms with E-state index in [9.17, 15) is 9.59 Å². The zero-order valence-corrected chi connectivity index (χ0v) is 23.0. The monoisotopic (exact) mass is 506 g/mol. The summed E-state index contributed by atoms with van der Waals surface area (Å²) in [5, 5.41) is 0.0585. The van der Waals surface area contributed by atoms with Gasteiger partial charge in [-0.05, 0) is 74.2 Å². The lowest BCUT2D eigenvalue weighted by atomic mass is 9.49. The molecule has 8 atom stereocenters. The number of ketones is 1. The fraction of sp³-hybridized carbons (Fsp3) is 0.867. The molecule has 0 aromatic rings. The second-order valence-corrected chi connectivity index (χ2v) is 12.8. The molecule has 3 saturated carbocycles. The summed E-state index contributed by atoms with van der Waals surface area (Å²) in [5.41, 5.74) is 1.25. The van der Waals surface area contributed by atoms with Crippen molar-refractivity contribution in [3.8, 4) is 0 Å². The average Bonchev–Trinajstić information content (AvgIpc) is 3.12. The summed E-state index contributed by atoms with van der Waals surface area (Å²) in [6.07, 6.45) is 16.6. The molecule has 0 radical (unpaired) electrons. The van der Waals surface area contributed by atoms with E-state index in [4.69, 9.17) is 21.1 Å². The number of hydrogen-bond donors (Lipinski definition) is 0. The van der Waals surface area contributed by atoms with Crippen molar-refractivity contribution in [3.05, 3.63) is 11.6 Å².